The minimum absolute atomic E-state index is 0.0153. The van der Waals surface area contributed by atoms with E-state index in [9.17, 15) is 13.6 Å². The summed E-state index contributed by atoms with van der Waals surface area (Å²) >= 11 is 11.2. The van der Waals surface area contributed by atoms with Gasteiger partial charge in [-0.3, -0.25) is 4.79 Å². The minimum Gasteiger partial charge on any atom is -0.466 e. The van der Waals surface area contributed by atoms with Gasteiger partial charge in [0.05, 0.1) is 24.6 Å². The van der Waals surface area contributed by atoms with Gasteiger partial charge in [0.25, 0.3) is 6.43 Å². The third kappa shape index (κ3) is 3.78. The monoisotopic (exact) mass is 297 g/mol. The number of carbonyl (C=O) groups is 1. The summed E-state index contributed by atoms with van der Waals surface area (Å²) in [5.41, 5.74) is -0.264. The van der Waals surface area contributed by atoms with Crippen molar-refractivity contribution in [1.29, 1.82) is 0 Å². The van der Waals surface area contributed by atoms with Gasteiger partial charge in [-0.05, 0) is 18.6 Å². The summed E-state index contributed by atoms with van der Waals surface area (Å²) in [6.45, 7) is 1.82. The Bertz CT molecular complexity index is 441. The summed E-state index contributed by atoms with van der Waals surface area (Å²) in [4.78, 5) is 15.1. The minimum atomic E-state index is -2.77. The number of ether oxygens (including phenoxy) is 1. The van der Waals surface area contributed by atoms with Crippen LogP contribution in [0.25, 0.3) is 0 Å². The van der Waals surface area contributed by atoms with Crippen molar-refractivity contribution < 1.29 is 18.3 Å². The number of nitrogens with zero attached hydrogens (tertiary/aromatic N) is 1. The van der Waals surface area contributed by atoms with Crippen molar-refractivity contribution >= 4 is 29.2 Å². The van der Waals surface area contributed by atoms with Crippen LogP contribution in [-0.4, -0.2) is 17.6 Å². The molecule has 0 unspecified atom stereocenters. The van der Waals surface area contributed by atoms with Crippen LogP contribution >= 0.6 is 23.2 Å². The Labute approximate surface area is 113 Å². The molecule has 0 spiro atoms. The van der Waals surface area contributed by atoms with Gasteiger partial charge in [-0.15, -0.1) is 11.6 Å². The molecule has 7 heteroatoms. The second kappa shape index (κ2) is 6.85. The third-order valence-corrected chi connectivity index (χ3v) is 2.62. The molecule has 0 aliphatic rings. The zero-order chi connectivity index (χ0) is 13.7. The maximum absolute atomic E-state index is 12.9. The number of rotatable bonds is 5. The molecule has 18 heavy (non-hydrogen) atoms. The normalized spacial score (nSPS) is 10.8. The number of carbonyl (C=O) groups excluding carboxylic acids is 1. The van der Waals surface area contributed by atoms with Crippen LogP contribution in [0.5, 0.6) is 0 Å². The van der Waals surface area contributed by atoms with E-state index in [4.69, 9.17) is 27.9 Å². The lowest BCUT2D eigenvalue weighted by Gasteiger charge is -2.12. The first-order chi connectivity index (χ1) is 8.49. The van der Waals surface area contributed by atoms with Crippen molar-refractivity contribution in [3.05, 3.63) is 28.0 Å². The summed E-state index contributed by atoms with van der Waals surface area (Å²) in [7, 11) is 0. The molecule has 0 saturated heterocycles. The van der Waals surface area contributed by atoms with Crippen LogP contribution in [-0.2, 0) is 21.8 Å². The van der Waals surface area contributed by atoms with E-state index in [0.29, 0.717) is 0 Å². The Morgan fingerprint density at radius 2 is 2.22 bits per heavy atom. The zero-order valence-corrected chi connectivity index (χ0v) is 11.1. The Balaban J connectivity index is 3.15. The summed E-state index contributed by atoms with van der Waals surface area (Å²) < 4.78 is 30.6. The van der Waals surface area contributed by atoms with Crippen molar-refractivity contribution in [2.24, 2.45) is 0 Å². The van der Waals surface area contributed by atoms with Crippen molar-refractivity contribution in [2.75, 3.05) is 6.61 Å². The van der Waals surface area contributed by atoms with E-state index in [1.54, 1.807) is 6.92 Å². The van der Waals surface area contributed by atoms with E-state index in [1.807, 2.05) is 0 Å². The van der Waals surface area contributed by atoms with E-state index in [-0.39, 0.29) is 40.9 Å². The van der Waals surface area contributed by atoms with Gasteiger partial charge in [0, 0.05) is 5.56 Å². The van der Waals surface area contributed by atoms with Crippen LogP contribution < -0.4 is 0 Å². The Morgan fingerprint density at radius 3 is 2.72 bits per heavy atom. The van der Waals surface area contributed by atoms with Gasteiger partial charge in [-0.2, -0.15) is 0 Å². The highest BCUT2D eigenvalue weighted by Crippen LogP contribution is 2.29. The second-order valence-corrected chi connectivity index (χ2v) is 4.04. The second-order valence-electron chi connectivity index (χ2n) is 3.38. The lowest BCUT2D eigenvalue weighted by molar-refractivity contribution is -0.142. The molecule has 0 N–H and O–H groups in total. The molecule has 0 aliphatic heterocycles. The number of hydrogen-bond acceptors (Lipinski definition) is 3. The predicted octanol–water partition coefficient (Wildman–Crippen LogP) is 3.52. The van der Waals surface area contributed by atoms with Crippen LogP contribution in [0.2, 0.25) is 5.15 Å². The predicted molar refractivity (Wildman–Crippen MR) is 64.1 cm³/mol. The number of hydrogen-bond donors (Lipinski definition) is 0. The van der Waals surface area contributed by atoms with Crippen LogP contribution in [0.15, 0.2) is 6.07 Å². The quantitative estimate of drug-likeness (QED) is 0.474. The van der Waals surface area contributed by atoms with E-state index in [1.165, 1.54) is 6.07 Å². The average Bonchev–Trinajstić information content (AvgIpc) is 2.27. The summed E-state index contributed by atoms with van der Waals surface area (Å²) in [5.74, 6) is -0.794. The van der Waals surface area contributed by atoms with Crippen molar-refractivity contribution in [1.82, 2.24) is 4.98 Å². The molecule has 0 saturated carbocycles. The van der Waals surface area contributed by atoms with Gasteiger partial charge in [0.15, 0.2) is 0 Å². The fourth-order valence-electron chi connectivity index (χ4n) is 1.51. The summed E-state index contributed by atoms with van der Waals surface area (Å²) in [6, 6.07) is 1.23. The molecule has 0 amide bonds. The molecule has 0 atom stereocenters. The van der Waals surface area contributed by atoms with Crippen molar-refractivity contribution in [2.45, 2.75) is 25.7 Å². The maximum Gasteiger partial charge on any atom is 0.310 e. The Kier molecular flexibility index (Phi) is 5.75. The maximum atomic E-state index is 12.9. The smallest absolute Gasteiger partial charge is 0.310 e. The van der Waals surface area contributed by atoms with Crippen LogP contribution in [0.1, 0.15) is 30.2 Å². The topological polar surface area (TPSA) is 39.2 Å². The van der Waals surface area contributed by atoms with Gasteiger partial charge >= 0.3 is 5.97 Å². The van der Waals surface area contributed by atoms with E-state index < -0.39 is 12.4 Å². The van der Waals surface area contributed by atoms with Crippen LogP contribution in [0.3, 0.4) is 0 Å². The number of pyridine rings is 1. The first-order valence-corrected chi connectivity index (χ1v) is 6.08. The molecule has 100 valence electrons. The van der Waals surface area contributed by atoms with Crippen molar-refractivity contribution in [3.8, 4) is 0 Å². The number of alkyl halides is 3. The molecule has 0 fully saturated rings. The highest BCUT2D eigenvalue weighted by Gasteiger charge is 2.21. The molecule has 0 radical (unpaired) electrons. The molecule has 1 aromatic heterocycles. The van der Waals surface area contributed by atoms with Crippen LogP contribution in [0.4, 0.5) is 8.78 Å². The van der Waals surface area contributed by atoms with E-state index >= 15 is 0 Å². The summed E-state index contributed by atoms with van der Waals surface area (Å²) in [6.07, 6.45) is -3.05. The van der Waals surface area contributed by atoms with Gasteiger partial charge in [-0.25, -0.2) is 13.8 Å². The molecule has 1 heterocycles. The van der Waals surface area contributed by atoms with Crippen molar-refractivity contribution in [3.63, 3.8) is 0 Å². The van der Waals surface area contributed by atoms with Gasteiger partial charge in [0.2, 0.25) is 0 Å². The lowest BCUT2D eigenvalue weighted by atomic mass is 10.0. The SMILES string of the molecule is CCOC(=O)Cc1cc(Cl)nc(CCl)c1C(F)F. The standard InChI is InChI=1S/C11H11Cl2F2NO2/c1-2-18-9(17)4-6-3-8(13)16-7(5-12)10(6)11(14)15/h3,11H,2,4-5H2,1H3. The molecule has 0 aromatic carbocycles. The van der Waals surface area contributed by atoms with Gasteiger partial charge in [-0.1, -0.05) is 11.6 Å². The lowest BCUT2D eigenvalue weighted by Crippen LogP contribution is -2.11. The largest absolute Gasteiger partial charge is 0.466 e. The number of aromatic nitrogens is 1. The highest BCUT2D eigenvalue weighted by molar-refractivity contribution is 6.29. The molecule has 1 rings (SSSR count). The Hall–Kier alpha value is -0.940. The molecule has 3 nitrogen and oxygen atoms in total. The molecule has 0 bridgehead atoms. The number of halogens is 4. The molecule has 1 aromatic rings. The van der Waals surface area contributed by atoms with Gasteiger partial charge in [0.1, 0.15) is 5.15 Å². The van der Waals surface area contributed by atoms with E-state index in [0.717, 1.165) is 0 Å². The van der Waals surface area contributed by atoms with Crippen LogP contribution in [0, 0.1) is 0 Å². The molecular weight excluding hydrogens is 287 g/mol. The average molecular weight is 298 g/mol. The summed E-state index contributed by atoms with van der Waals surface area (Å²) in [5, 5.41) is 0.0225. The highest BCUT2D eigenvalue weighted by atomic mass is 35.5. The fraction of sp³-hybridized carbons (Fsp3) is 0.455. The first-order valence-electron chi connectivity index (χ1n) is 5.17. The Morgan fingerprint density at radius 1 is 1.56 bits per heavy atom. The molecule has 0 aliphatic carbocycles. The van der Waals surface area contributed by atoms with E-state index in [2.05, 4.69) is 4.98 Å². The van der Waals surface area contributed by atoms with Gasteiger partial charge < -0.3 is 4.74 Å². The number of esters is 1. The molecular formula is C11H11Cl2F2NO2. The zero-order valence-electron chi connectivity index (χ0n) is 9.55. The first kappa shape index (κ1) is 15.1. The fourth-order valence-corrected chi connectivity index (χ4v) is 1.95. The third-order valence-electron chi connectivity index (χ3n) is 2.18.